The zero-order valence-electron chi connectivity index (χ0n) is 16.5. The number of benzene rings is 1. The van der Waals surface area contributed by atoms with Crippen molar-refractivity contribution in [2.24, 2.45) is 5.10 Å². The second kappa shape index (κ2) is 10.2. The number of carbonyl (C=O) groups is 1. The maximum atomic E-state index is 12.4. The first-order valence-corrected chi connectivity index (χ1v) is 8.97. The number of nitrogens with zero attached hydrogens (tertiary/aromatic N) is 3. The normalized spacial score (nSPS) is 14.6. The van der Waals surface area contributed by atoms with Crippen molar-refractivity contribution in [3.63, 3.8) is 0 Å². The first-order chi connectivity index (χ1) is 13.4. The number of hydrazone groups is 1. The van der Waals surface area contributed by atoms with Crippen molar-refractivity contribution in [3.8, 4) is 11.8 Å². The van der Waals surface area contributed by atoms with Crippen LogP contribution in [-0.2, 0) is 0 Å². The highest BCUT2D eigenvalue weighted by Gasteiger charge is 2.31. The molecular formula is C19H22ClF3N4O2. The smallest absolute Gasteiger partial charge is 0.406 e. The van der Waals surface area contributed by atoms with Gasteiger partial charge in [-0.2, -0.15) is 10.4 Å². The fraction of sp³-hybridized carbons (Fsp3) is 0.421. The third-order valence-corrected chi connectivity index (χ3v) is 3.67. The molecule has 1 N–H and O–H groups in total. The molecule has 0 fully saturated rings. The average Bonchev–Trinajstić information content (AvgIpc) is 2.59. The first kappa shape index (κ1) is 24.3. The second-order valence-corrected chi connectivity index (χ2v) is 7.06. The van der Waals surface area contributed by atoms with E-state index in [2.05, 4.69) is 15.2 Å². The molecule has 0 aromatic heterocycles. The standard InChI is InChI=1S/C19H22ClF3N4O2/c1-5-15(10-13(2)20)26-27(4)12-18(3,11-24)25-17(28)14-6-8-16(9-7-14)29-19(21,22)23/h6-10H,5,12H2,1-4H3,(H,25,28)/b13-10+,26-15+. The molecule has 29 heavy (non-hydrogen) atoms. The second-order valence-electron chi connectivity index (χ2n) is 6.46. The molecule has 0 aliphatic rings. The molecule has 0 radical (unpaired) electrons. The van der Waals surface area contributed by atoms with Gasteiger partial charge in [-0.25, -0.2) is 0 Å². The number of hydrogen-bond donors (Lipinski definition) is 1. The highest BCUT2D eigenvalue weighted by molar-refractivity contribution is 6.30. The van der Waals surface area contributed by atoms with Gasteiger partial charge in [0.05, 0.1) is 18.3 Å². The lowest BCUT2D eigenvalue weighted by Gasteiger charge is -2.27. The lowest BCUT2D eigenvalue weighted by molar-refractivity contribution is -0.274. The van der Waals surface area contributed by atoms with Gasteiger partial charge in [-0.1, -0.05) is 18.5 Å². The van der Waals surface area contributed by atoms with E-state index in [0.717, 1.165) is 12.1 Å². The fourth-order valence-electron chi connectivity index (χ4n) is 2.38. The van der Waals surface area contributed by atoms with Crippen molar-refractivity contribution in [1.29, 1.82) is 5.26 Å². The number of allylic oxidation sites excluding steroid dienone is 2. The number of halogens is 4. The average molecular weight is 431 g/mol. The van der Waals surface area contributed by atoms with Gasteiger partial charge in [0.2, 0.25) is 0 Å². The van der Waals surface area contributed by atoms with Crippen LogP contribution < -0.4 is 10.1 Å². The molecule has 0 bridgehead atoms. The van der Waals surface area contributed by atoms with Gasteiger partial charge in [0.25, 0.3) is 5.91 Å². The molecule has 1 amide bonds. The van der Waals surface area contributed by atoms with E-state index >= 15 is 0 Å². The predicted molar refractivity (Wildman–Crippen MR) is 105 cm³/mol. The summed E-state index contributed by atoms with van der Waals surface area (Å²) in [5.41, 5.74) is -0.510. The maximum Gasteiger partial charge on any atom is 0.573 e. The molecule has 1 rings (SSSR count). The maximum absolute atomic E-state index is 12.4. The number of hydrogen-bond acceptors (Lipinski definition) is 5. The number of alkyl halides is 3. The van der Waals surface area contributed by atoms with Crippen LogP contribution in [0.2, 0.25) is 0 Å². The number of amides is 1. The van der Waals surface area contributed by atoms with Crippen molar-refractivity contribution in [3.05, 3.63) is 40.9 Å². The van der Waals surface area contributed by atoms with Crippen molar-refractivity contribution in [1.82, 2.24) is 10.3 Å². The molecule has 10 heteroatoms. The Hall–Kier alpha value is -2.73. The third-order valence-electron chi connectivity index (χ3n) is 3.56. The van der Waals surface area contributed by atoms with E-state index in [-0.39, 0.29) is 12.1 Å². The van der Waals surface area contributed by atoms with E-state index in [0.29, 0.717) is 17.2 Å². The SMILES string of the molecule is CCC(/C=C(\C)Cl)=N\N(C)CC(C)(C#N)NC(=O)c1ccc(OC(F)(F)F)cc1. The van der Waals surface area contributed by atoms with Gasteiger partial charge in [-0.15, -0.1) is 13.2 Å². The van der Waals surface area contributed by atoms with E-state index in [4.69, 9.17) is 11.6 Å². The minimum atomic E-state index is -4.82. The molecule has 6 nitrogen and oxygen atoms in total. The molecule has 0 saturated heterocycles. The van der Waals surface area contributed by atoms with E-state index in [1.165, 1.54) is 24.1 Å². The molecule has 0 aliphatic carbocycles. The topological polar surface area (TPSA) is 77.7 Å². The van der Waals surface area contributed by atoms with Gasteiger partial charge in [0, 0.05) is 17.6 Å². The molecule has 1 aromatic carbocycles. The molecule has 0 spiro atoms. The predicted octanol–water partition coefficient (Wildman–Crippen LogP) is 4.44. The summed E-state index contributed by atoms with van der Waals surface area (Å²) in [7, 11) is 1.65. The molecule has 1 atom stereocenters. The Labute approximate surface area is 172 Å². The zero-order valence-corrected chi connectivity index (χ0v) is 17.2. The Morgan fingerprint density at radius 2 is 1.97 bits per heavy atom. The summed E-state index contributed by atoms with van der Waals surface area (Å²) in [4.78, 5) is 12.4. The quantitative estimate of drug-likeness (QED) is 0.488. The largest absolute Gasteiger partial charge is 0.573 e. The van der Waals surface area contributed by atoms with Crippen LogP contribution in [0.1, 0.15) is 37.6 Å². The van der Waals surface area contributed by atoms with Gasteiger partial charge in [-0.3, -0.25) is 9.80 Å². The summed E-state index contributed by atoms with van der Waals surface area (Å²) < 4.78 is 40.4. The lowest BCUT2D eigenvalue weighted by Crippen LogP contribution is -2.51. The number of likely N-dealkylation sites (N-methyl/N-ethyl adjacent to an activating group) is 1. The van der Waals surface area contributed by atoms with Crippen LogP contribution in [0.25, 0.3) is 0 Å². The summed E-state index contributed by atoms with van der Waals surface area (Å²) in [5, 5.41) is 18.5. The summed E-state index contributed by atoms with van der Waals surface area (Å²) in [5.74, 6) is -1.06. The minimum absolute atomic E-state index is 0.0726. The molecule has 0 saturated carbocycles. The third kappa shape index (κ3) is 8.87. The van der Waals surface area contributed by atoms with Crippen LogP contribution in [0.3, 0.4) is 0 Å². The Morgan fingerprint density at radius 3 is 2.41 bits per heavy atom. The summed E-state index contributed by atoms with van der Waals surface area (Å²) in [6, 6.07) is 6.44. The van der Waals surface area contributed by atoms with Gasteiger partial charge in [0.15, 0.2) is 0 Å². The van der Waals surface area contributed by atoms with Crippen molar-refractivity contribution in [2.45, 2.75) is 39.1 Å². The molecular weight excluding hydrogens is 409 g/mol. The van der Waals surface area contributed by atoms with E-state index in [1.807, 2.05) is 13.0 Å². The van der Waals surface area contributed by atoms with Crippen molar-refractivity contribution >= 4 is 23.2 Å². The van der Waals surface area contributed by atoms with Gasteiger partial charge >= 0.3 is 6.36 Å². The number of carbonyl (C=O) groups excluding carboxylic acids is 1. The Bertz CT molecular complexity index is 812. The number of ether oxygens (including phenoxy) is 1. The summed E-state index contributed by atoms with van der Waals surface area (Å²) >= 11 is 5.86. The van der Waals surface area contributed by atoms with Gasteiger partial charge in [-0.05, 0) is 50.6 Å². The molecule has 1 aromatic rings. The van der Waals surface area contributed by atoms with Crippen LogP contribution in [0.15, 0.2) is 40.5 Å². The first-order valence-electron chi connectivity index (χ1n) is 8.59. The van der Waals surface area contributed by atoms with Crippen LogP contribution in [0.4, 0.5) is 13.2 Å². The molecule has 0 heterocycles. The monoisotopic (exact) mass is 430 g/mol. The number of nitrogens with one attached hydrogen (secondary N) is 1. The van der Waals surface area contributed by atoms with Crippen LogP contribution in [-0.4, -0.2) is 42.1 Å². The van der Waals surface area contributed by atoms with E-state index in [1.54, 1.807) is 20.0 Å². The van der Waals surface area contributed by atoms with Crippen molar-refractivity contribution in [2.75, 3.05) is 13.6 Å². The summed E-state index contributed by atoms with van der Waals surface area (Å²) in [6.45, 7) is 5.22. The van der Waals surface area contributed by atoms with E-state index < -0.39 is 23.6 Å². The lowest BCUT2D eigenvalue weighted by atomic mass is 10.0. The molecule has 1 unspecified atom stereocenters. The van der Waals surface area contributed by atoms with Crippen LogP contribution in [0, 0.1) is 11.3 Å². The van der Waals surface area contributed by atoms with Crippen molar-refractivity contribution < 1.29 is 22.7 Å². The van der Waals surface area contributed by atoms with Crippen LogP contribution in [0.5, 0.6) is 5.75 Å². The fourth-order valence-corrected chi connectivity index (χ4v) is 2.50. The van der Waals surface area contributed by atoms with Crippen LogP contribution >= 0.6 is 11.6 Å². The van der Waals surface area contributed by atoms with E-state index in [9.17, 15) is 23.2 Å². The Morgan fingerprint density at radius 1 is 1.38 bits per heavy atom. The minimum Gasteiger partial charge on any atom is -0.406 e. The van der Waals surface area contributed by atoms with Gasteiger partial charge < -0.3 is 10.1 Å². The Balaban J connectivity index is 2.87. The molecule has 158 valence electrons. The Kier molecular flexibility index (Phi) is 8.52. The number of nitriles is 1. The highest BCUT2D eigenvalue weighted by atomic mass is 35.5. The summed E-state index contributed by atoms with van der Waals surface area (Å²) in [6.07, 6.45) is -2.50. The highest BCUT2D eigenvalue weighted by Crippen LogP contribution is 2.23. The number of rotatable bonds is 8. The molecule has 0 aliphatic heterocycles. The van der Waals surface area contributed by atoms with Gasteiger partial charge in [0.1, 0.15) is 11.3 Å². The zero-order chi connectivity index (χ0) is 22.2.